The molecule has 0 spiro atoms. The van der Waals surface area contributed by atoms with Gasteiger partial charge in [-0.1, -0.05) is 12.1 Å². The number of hydrogen-bond donors (Lipinski definition) is 0. The maximum atomic E-state index is 12.6. The minimum atomic E-state index is -0.903. The van der Waals surface area contributed by atoms with Crippen LogP contribution in [0, 0.1) is 0 Å². The lowest BCUT2D eigenvalue weighted by atomic mass is 10.0. The SMILES string of the molecule is CC(OC(=O)COc1ccc2ccc(=O)oc2c1)C(=O)c1ccc2c(c1)CCC2. The van der Waals surface area contributed by atoms with Crippen molar-refractivity contribution < 1.29 is 23.5 Å². The van der Waals surface area contributed by atoms with Crippen molar-refractivity contribution in [2.24, 2.45) is 0 Å². The third kappa shape index (κ3) is 4.21. The molecule has 0 radical (unpaired) electrons. The van der Waals surface area contributed by atoms with Gasteiger partial charge in [0.15, 0.2) is 12.7 Å². The molecule has 0 amide bonds. The number of fused-ring (bicyclic) bond motifs is 2. The van der Waals surface area contributed by atoms with Crippen molar-refractivity contribution in [1.82, 2.24) is 0 Å². The number of ketones is 1. The fraction of sp³-hybridized carbons (Fsp3) is 0.261. The van der Waals surface area contributed by atoms with Gasteiger partial charge in [0.1, 0.15) is 11.3 Å². The van der Waals surface area contributed by atoms with Gasteiger partial charge >= 0.3 is 11.6 Å². The Morgan fingerprint density at radius 3 is 2.69 bits per heavy atom. The highest BCUT2D eigenvalue weighted by Crippen LogP contribution is 2.24. The Hall–Kier alpha value is -3.41. The second-order valence-electron chi connectivity index (χ2n) is 7.08. The van der Waals surface area contributed by atoms with E-state index < -0.39 is 17.7 Å². The summed E-state index contributed by atoms with van der Waals surface area (Å²) in [6, 6.07) is 13.6. The van der Waals surface area contributed by atoms with E-state index in [-0.39, 0.29) is 12.4 Å². The predicted molar refractivity (Wildman–Crippen MR) is 106 cm³/mol. The van der Waals surface area contributed by atoms with Crippen LogP contribution >= 0.6 is 0 Å². The summed E-state index contributed by atoms with van der Waals surface area (Å²) in [5.41, 5.74) is 2.93. The first kappa shape index (κ1) is 18.9. The van der Waals surface area contributed by atoms with Gasteiger partial charge in [-0.2, -0.15) is 0 Å². The van der Waals surface area contributed by atoms with E-state index in [4.69, 9.17) is 13.9 Å². The van der Waals surface area contributed by atoms with Crippen molar-refractivity contribution in [2.45, 2.75) is 32.3 Å². The molecule has 6 heteroatoms. The first-order chi connectivity index (χ1) is 14.0. The summed E-state index contributed by atoms with van der Waals surface area (Å²) in [4.78, 5) is 36.0. The molecule has 1 aromatic heterocycles. The molecule has 0 bridgehead atoms. The molecule has 1 atom stereocenters. The number of aryl methyl sites for hydroxylation is 2. The van der Waals surface area contributed by atoms with Crippen LogP contribution in [0.15, 0.2) is 57.7 Å². The number of rotatable bonds is 6. The maximum absolute atomic E-state index is 12.6. The van der Waals surface area contributed by atoms with Crippen molar-refractivity contribution in [3.8, 4) is 5.75 Å². The topological polar surface area (TPSA) is 82.8 Å². The third-order valence-electron chi connectivity index (χ3n) is 5.01. The molecule has 6 nitrogen and oxygen atoms in total. The number of ether oxygens (including phenoxy) is 2. The minimum absolute atomic E-state index is 0.236. The van der Waals surface area contributed by atoms with Crippen LogP contribution < -0.4 is 10.4 Å². The fourth-order valence-electron chi connectivity index (χ4n) is 3.52. The maximum Gasteiger partial charge on any atom is 0.344 e. The van der Waals surface area contributed by atoms with Crippen LogP contribution in [0.3, 0.4) is 0 Å². The molecular formula is C23H20O6. The number of carbonyl (C=O) groups is 2. The van der Waals surface area contributed by atoms with Crippen LogP contribution in [0.25, 0.3) is 11.0 Å². The predicted octanol–water partition coefficient (Wildman–Crippen LogP) is 3.48. The number of benzene rings is 2. The van der Waals surface area contributed by atoms with Crippen molar-refractivity contribution in [3.63, 3.8) is 0 Å². The molecule has 1 aliphatic carbocycles. The summed E-state index contributed by atoms with van der Waals surface area (Å²) >= 11 is 0. The van der Waals surface area contributed by atoms with Gasteiger partial charge < -0.3 is 13.9 Å². The van der Waals surface area contributed by atoms with Gasteiger partial charge in [0.2, 0.25) is 5.78 Å². The summed E-state index contributed by atoms with van der Waals surface area (Å²) in [6.07, 6.45) is 2.22. The van der Waals surface area contributed by atoms with Crippen LogP contribution in [0.1, 0.15) is 34.8 Å². The van der Waals surface area contributed by atoms with E-state index in [1.54, 1.807) is 31.2 Å². The van der Waals surface area contributed by atoms with Crippen molar-refractivity contribution in [2.75, 3.05) is 6.61 Å². The number of esters is 1. The molecule has 148 valence electrons. The summed E-state index contributed by atoms with van der Waals surface area (Å²) in [5.74, 6) is -0.524. The molecule has 0 saturated heterocycles. The Morgan fingerprint density at radius 1 is 1.03 bits per heavy atom. The van der Waals surface area contributed by atoms with Crippen LogP contribution in [0.5, 0.6) is 5.75 Å². The molecular weight excluding hydrogens is 372 g/mol. The molecule has 0 saturated carbocycles. The van der Waals surface area contributed by atoms with Gasteiger partial charge in [0.05, 0.1) is 0 Å². The average Bonchev–Trinajstić information content (AvgIpc) is 3.19. The van der Waals surface area contributed by atoms with Crippen LogP contribution in [0.4, 0.5) is 0 Å². The summed E-state index contributed by atoms with van der Waals surface area (Å²) < 4.78 is 15.7. The first-order valence-electron chi connectivity index (χ1n) is 9.52. The molecule has 0 fully saturated rings. The molecule has 0 aliphatic heterocycles. The molecule has 1 aliphatic rings. The van der Waals surface area contributed by atoms with E-state index in [0.29, 0.717) is 16.9 Å². The molecule has 1 heterocycles. The van der Waals surface area contributed by atoms with Crippen molar-refractivity contribution in [1.29, 1.82) is 0 Å². The molecule has 1 unspecified atom stereocenters. The van der Waals surface area contributed by atoms with E-state index in [1.165, 1.54) is 23.3 Å². The van der Waals surface area contributed by atoms with Gasteiger partial charge in [-0.15, -0.1) is 0 Å². The fourth-order valence-corrected chi connectivity index (χ4v) is 3.52. The second kappa shape index (κ2) is 7.91. The summed E-state index contributed by atoms with van der Waals surface area (Å²) in [7, 11) is 0. The zero-order valence-corrected chi connectivity index (χ0v) is 16.0. The highest BCUT2D eigenvalue weighted by Gasteiger charge is 2.21. The van der Waals surface area contributed by atoms with Crippen molar-refractivity contribution in [3.05, 3.63) is 75.6 Å². The van der Waals surface area contributed by atoms with Crippen LogP contribution in [-0.4, -0.2) is 24.5 Å². The van der Waals surface area contributed by atoms with E-state index in [9.17, 15) is 14.4 Å². The highest BCUT2D eigenvalue weighted by molar-refractivity contribution is 6.00. The van der Waals surface area contributed by atoms with E-state index in [2.05, 4.69) is 0 Å². The average molecular weight is 392 g/mol. The Bertz CT molecular complexity index is 1140. The van der Waals surface area contributed by atoms with Gasteiger partial charge in [-0.3, -0.25) is 4.79 Å². The van der Waals surface area contributed by atoms with Crippen LogP contribution in [-0.2, 0) is 22.4 Å². The van der Waals surface area contributed by atoms with E-state index >= 15 is 0 Å². The molecule has 3 aromatic rings. The summed E-state index contributed by atoms with van der Waals surface area (Å²) in [5, 5.41) is 0.744. The van der Waals surface area contributed by atoms with Gasteiger partial charge in [0.25, 0.3) is 0 Å². The Labute approximate surface area is 167 Å². The zero-order valence-electron chi connectivity index (χ0n) is 16.0. The lowest BCUT2D eigenvalue weighted by Gasteiger charge is -2.13. The third-order valence-corrected chi connectivity index (χ3v) is 5.01. The molecule has 0 N–H and O–H groups in total. The normalized spacial score (nSPS) is 13.7. The lowest BCUT2D eigenvalue weighted by Crippen LogP contribution is -2.27. The quantitative estimate of drug-likeness (QED) is 0.363. The smallest absolute Gasteiger partial charge is 0.344 e. The number of Topliss-reactive ketones (excluding diaryl/α,β-unsaturated/α-hetero) is 1. The number of carbonyl (C=O) groups excluding carboxylic acids is 2. The van der Waals surface area contributed by atoms with Gasteiger partial charge in [-0.05, 0) is 61.6 Å². The van der Waals surface area contributed by atoms with E-state index in [1.807, 2.05) is 12.1 Å². The standard InChI is InChI=1S/C23H20O6/c1-14(23(26)18-6-5-15-3-2-4-17(15)11-18)28-22(25)13-27-19-9-7-16-8-10-21(24)29-20(16)12-19/h5-12,14H,2-4,13H2,1H3. The Balaban J connectivity index is 1.35. The minimum Gasteiger partial charge on any atom is -0.482 e. The summed E-state index contributed by atoms with van der Waals surface area (Å²) in [6.45, 7) is 1.20. The highest BCUT2D eigenvalue weighted by atomic mass is 16.6. The van der Waals surface area contributed by atoms with Gasteiger partial charge in [-0.25, -0.2) is 9.59 Å². The lowest BCUT2D eigenvalue weighted by molar-refractivity contribution is -0.148. The molecule has 29 heavy (non-hydrogen) atoms. The first-order valence-corrected chi connectivity index (χ1v) is 9.52. The second-order valence-corrected chi connectivity index (χ2v) is 7.08. The zero-order chi connectivity index (χ0) is 20.4. The molecule has 4 rings (SSSR count). The molecule has 2 aromatic carbocycles. The largest absolute Gasteiger partial charge is 0.482 e. The van der Waals surface area contributed by atoms with Gasteiger partial charge in [0, 0.05) is 23.1 Å². The van der Waals surface area contributed by atoms with E-state index in [0.717, 1.165) is 24.6 Å². The number of hydrogen-bond acceptors (Lipinski definition) is 6. The Morgan fingerprint density at radius 2 is 1.83 bits per heavy atom. The Kier molecular flexibility index (Phi) is 5.16. The van der Waals surface area contributed by atoms with Crippen LogP contribution in [0.2, 0.25) is 0 Å². The van der Waals surface area contributed by atoms with Crippen molar-refractivity contribution >= 4 is 22.7 Å². The monoisotopic (exact) mass is 392 g/mol.